The fourth-order valence-electron chi connectivity index (χ4n) is 1.68. The molecule has 0 aliphatic carbocycles. The molecule has 0 fully saturated rings. The van der Waals surface area contributed by atoms with Crippen molar-refractivity contribution in [3.63, 3.8) is 0 Å². The number of rotatable bonds is 3. The second-order valence-electron chi connectivity index (χ2n) is 3.49. The Hall–Kier alpha value is -1.82. The highest BCUT2D eigenvalue weighted by Gasteiger charge is 2.17. The predicted octanol–water partition coefficient (Wildman–Crippen LogP) is 2.47. The summed E-state index contributed by atoms with van der Waals surface area (Å²) in [5, 5.41) is 9.04. The maximum absolute atomic E-state index is 11.6. The molecule has 16 heavy (non-hydrogen) atoms. The fraction of sp³-hybridized carbons (Fsp3) is 0.385. The van der Waals surface area contributed by atoms with Gasteiger partial charge in [-0.25, -0.2) is 4.79 Å². The lowest BCUT2D eigenvalue weighted by atomic mass is 9.95. The average molecular weight is 217 g/mol. The SMILES string of the molecule is CCc1cc(C#N)c(C(=O)OC)c(CC)c1. The van der Waals surface area contributed by atoms with Crippen molar-refractivity contribution in [1.82, 2.24) is 0 Å². The molecule has 0 heterocycles. The first-order chi connectivity index (χ1) is 7.67. The highest BCUT2D eigenvalue weighted by Crippen LogP contribution is 2.19. The van der Waals surface area contributed by atoms with Gasteiger partial charge in [-0.3, -0.25) is 0 Å². The first-order valence-electron chi connectivity index (χ1n) is 5.32. The number of methoxy groups -OCH3 is 1. The molecule has 0 amide bonds. The number of esters is 1. The summed E-state index contributed by atoms with van der Waals surface area (Å²) in [7, 11) is 1.33. The molecule has 0 saturated heterocycles. The largest absolute Gasteiger partial charge is 0.465 e. The van der Waals surface area contributed by atoms with E-state index in [-0.39, 0.29) is 0 Å². The van der Waals surface area contributed by atoms with Crippen LogP contribution in [-0.2, 0) is 17.6 Å². The molecule has 3 heteroatoms. The molecule has 0 N–H and O–H groups in total. The van der Waals surface area contributed by atoms with Crippen LogP contribution in [0.4, 0.5) is 0 Å². The van der Waals surface area contributed by atoms with Crippen molar-refractivity contribution in [1.29, 1.82) is 5.26 Å². The van der Waals surface area contributed by atoms with Gasteiger partial charge in [-0.2, -0.15) is 5.26 Å². The molecule has 0 radical (unpaired) electrons. The number of carbonyl (C=O) groups is 1. The number of hydrogen-bond acceptors (Lipinski definition) is 3. The molecule has 0 saturated carbocycles. The number of nitrogens with zero attached hydrogens (tertiary/aromatic N) is 1. The summed E-state index contributed by atoms with van der Waals surface area (Å²) in [5.41, 5.74) is 2.76. The molecule has 1 aromatic carbocycles. The molecular formula is C13H15NO2. The summed E-state index contributed by atoms with van der Waals surface area (Å²) in [4.78, 5) is 11.6. The van der Waals surface area contributed by atoms with E-state index in [2.05, 4.69) is 6.07 Å². The topological polar surface area (TPSA) is 50.1 Å². The summed E-state index contributed by atoms with van der Waals surface area (Å²) in [6.45, 7) is 3.98. The van der Waals surface area contributed by atoms with E-state index >= 15 is 0 Å². The van der Waals surface area contributed by atoms with E-state index in [4.69, 9.17) is 10.00 Å². The minimum Gasteiger partial charge on any atom is -0.465 e. The van der Waals surface area contributed by atoms with E-state index in [0.717, 1.165) is 17.5 Å². The summed E-state index contributed by atoms with van der Waals surface area (Å²) in [6, 6.07) is 5.78. The Morgan fingerprint density at radius 1 is 1.38 bits per heavy atom. The van der Waals surface area contributed by atoms with Gasteiger partial charge in [0.2, 0.25) is 0 Å². The number of carbonyl (C=O) groups excluding carboxylic acids is 1. The third-order valence-corrected chi connectivity index (χ3v) is 2.58. The van der Waals surface area contributed by atoms with Gasteiger partial charge in [0.25, 0.3) is 0 Å². The van der Waals surface area contributed by atoms with Crippen LogP contribution in [0.1, 0.15) is 40.9 Å². The van der Waals surface area contributed by atoms with Crippen molar-refractivity contribution in [2.75, 3.05) is 7.11 Å². The van der Waals surface area contributed by atoms with Gasteiger partial charge in [0, 0.05) is 0 Å². The zero-order chi connectivity index (χ0) is 12.1. The number of aryl methyl sites for hydroxylation is 2. The Balaban J connectivity index is 3.45. The fourth-order valence-corrected chi connectivity index (χ4v) is 1.68. The Labute approximate surface area is 95.7 Å². The maximum Gasteiger partial charge on any atom is 0.339 e. The van der Waals surface area contributed by atoms with Gasteiger partial charge in [-0.05, 0) is 30.0 Å². The van der Waals surface area contributed by atoms with Crippen LogP contribution >= 0.6 is 0 Å². The van der Waals surface area contributed by atoms with Crippen molar-refractivity contribution < 1.29 is 9.53 Å². The van der Waals surface area contributed by atoms with Gasteiger partial charge >= 0.3 is 5.97 Å². The Bertz CT molecular complexity index is 444. The smallest absolute Gasteiger partial charge is 0.339 e. The molecule has 0 atom stereocenters. The van der Waals surface area contributed by atoms with Gasteiger partial charge in [0.15, 0.2) is 0 Å². The minimum absolute atomic E-state index is 0.406. The van der Waals surface area contributed by atoms with Crippen molar-refractivity contribution >= 4 is 5.97 Å². The van der Waals surface area contributed by atoms with Crippen molar-refractivity contribution in [2.45, 2.75) is 26.7 Å². The first-order valence-corrected chi connectivity index (χ1v) is 5.32. The van der Waals surface area contributed by atoms with E-state index < -0.39 is 5.97 Å². The van der Waals surface area contributed by atoms with Crippen LogP contribution in [0.3, 0.4) is 0 Å². The summed E-state index contributed by atoms with van der Waals surface area (Å²) < 4.78 is 4.70. The van der Waals surface area contributed by atoms with Crippen molar-refractivity contribution in [3.8, 4) is 6.07 Å². The predicted molar refractivity (Wildman–Crippen MR) is 61.3 cm³/mol. The molecule has 0 aromatic heterocycles. The molecule has 1 rings (SSSR count). The van der Waals surface area contributed by atoms with Crippen LogP contribution in [0, 0.1) is 11.3 Å². The van der Waals surface area contributed by atoms with Crippen LogP contribution in [0.15, 0.2) is 12.1 Å². The van der Waals surface area contributed by atoms with E-state index in [9.17, 15) is 4.79 Å². The van der Waals surface area contributed by atoms with Crippen molar-refractivity contribution in [2.24, 2.45) is 0 Å². The van der Waals surface area contributed by atoms with Crippen LogP contribution < -0.4 is 0 Å². The number of benzene rings is 1. The van der Waals surface area contributed by atoms with Crippen LogP contribution in [0.25, 0.3) is 0 Å². The monoisotopic (exact) mass is 217 g/mol. The van der Waals surface area contributed by atoms with Gasteiger partial charge in [-0.15, -0.1) is 0 Å². The van der Waals surface area contributed by atoms with Crippen molar-refractivity contribution in [3.05, 3.63) is 34.4 Å². The van der Waals surface area contributed by atoms with Crippen LogP contribution in [-0.4, -0.2) is 13.1 Å². The van der Waals surface area contributed by atoms with E-state index in [1.807, 2.05) is 19.9 Å². The molecule has 3 nitrogen and oxygen atoms in total. The molecule has 0 spiro atoms. The summed E-state index contributed by atoms with van der Waals surface area (Å²) in [6.07, 6.45) is 1.57. The van der Waals surface area contributed by atoms with E-state index in [0.29, 0.717) is 17.5 Å². The summed E-state index contributed by atoms with van der Waals surface area (Å²) in [5.74, 6) is -0.434. The molecule has 0 aliphatic heterocycles. The standard InChI is InChI=1S/C13H15NO2/c1-4-9-6-10(5-2)12(13(15)16-3)11(7-9)8-14/h6-7H,4-5H2,1-3H3. The normalized spacial score (nSPS) is 9.62. The third kappa shape index (κ3) is 2.22. The van der Waals surface area contributed by atoms with Gasteiger partial charge < -0.3 is 4.74 Å². The van der Waals surface area contributed by atoms with Crippen LogP contribution in [0.5, 0.6) is 0 Å². The molecule has 0 aliphatic rings. The average Bonchev–Trinajstić information content (AvgIpc) is 2.35. The second-order valence-corrected chi connectivity index (χ2v) is 3.49. The zero-order valence-electron chi connectivity index (χ0n) is 9.83. The molecular weight excluding hydrogens is 202 g/mol. The highest BCUT2D eigenvalue weighted by molar-refractivity contribution is 5.94. The minimum atomic E-state index is -0.434. The number of hydrogen-bond donors (Lipinski definition) is 0. The molecule has 84 valence electrons. The van der Waals surface area contributed by atoms with E-state index in [1.165, 1.54) is 7.11 Å². The Morgan fingerprint density at radius 2 is 2.06 bits per heavy atom. The Morgan fingerprint density at radius 3 is 2.50 bits per heavy atom. The van der Waals surface area contributed by atoms with Gasteiger partial charge in [0.1, 0.15) is 6.07 Å². The lowest BCUT2D eigenvalue weighted by molar-refractivity contribution is 0.0599. The molecule has 0 bridgehead atoms. The zero-order valence-corrected chi connectivity index (χ0v) is 9.83. The third-order valence-electron chi connectivity index (χ3n) is 2.58. The molecule has 1 aromatic rings. The van der Waals surface area contributed by atoms with Gasteiger partial charge in [0.05, 0.1) is 18.2 Å². The number of ether oxygens (including phenoxy) is 1. The van der Waals surface area contributed by atoms with Gasteiger partial charge in [-0.1, -0.05) is 19.9 Å². The Kier molecular flexibility index (Phi) is 4.07. The van der Waals surface area contributed by atoms with Crippen LogP contribution in [0.2, 0.25) is 0 Å². The summed E-state index contributed by atoms with van der Waals surface area (Å²) >= 11 is 0. The number of nitriles is 1. The molecule has 0 unspecified atom stereocenters. The first kappa shape index (κ1) is 12.3. The lowest BCUT2D eigenvalue weighted by Crippen LogP contribution is -2.09. The highest BCUT2D eigenvalue weighted by atomic mass is 16.5. The quantitative estimate of drug-likeness (QED) is 0.731. The van der Waals surface area contributed by atoms with E-state index in [1.54, 1.807) is 6.07 Å². The second kappa shape index (κ2) is 5.32. The maximum atomic E-state index is 11.6. The lowest BCUT2D eigenvalue weighted by Gasteiger charge is -2.10.